The Bertz CT molecular complexity index is 386. The summed E-state index contributed by atoms with van der Waals surface area (Å²) in [6.45, 7) is 5.41. The number of anilines is 1. The van der Waals surface area contributed by atoms with Gasteiger partial charge in [0.05, 0.1) is 12.3 Å². The first-order valence-electron chi connectivity index (χ1n) is 6.06. The van der Waals surface area contributed by atoms with Crippen LogP contribution in [0.2, 0.25) is 0 Å². The van der Waals surface area contributed by atoms with Gasteiger partial charge in [-0.3, -0.25) is 0 Å². The van der Waals surface area contributed by atoms with Crippen LogP contribution >= 0.6 is 0 Å². The van der Waals surface area contributed by atoms with Crippen LogP contribution < -0.4 is 5.32 Å². The topological polar surface area (TPSA) is 47.0 Å². The van der Waals surface area contributed by atoms with E-state index in [-0.39, 0.29) is 11.9 Å². The van der Waals surface area contributed by atoms with E-state index in [4.69, 9.17) is 4.74 Å². The van der Waals surface area contributed by atoms with E-state index >= 15 is 0 Å². The highest BCUT2D eigenvalue weighted by molar-refractivity contribution is 5.38. The van der Waals surface area contributed by atoms with Gasteiger partial charge in [-0.25, -0.2) is 14.4 Å². The molecule has 5 heteroatoms. The molecule has 2 rings (SSSR count). The molecule has 1 aliphatic heterocycles. The third-order valence-electron chi connectivity index (χ3n) is 3.16. The molecule has 2 heterocycles. The SMILES string of the molecule is CCc1ncnc(NC2CCOCC2C)c1F. The Balaban J connectivity index is 2.12. The van der Waals surface area contributed by atoms with Gasteiger partial charge in [-0.2, -0.15) is 0 Å². The molecule has 1 N–H and O–H groups in total. The lowest BCUT2D eigenvalue weighted by atomic mass is 9.98. The smallest absolute Gasteiger partial charge is 0.186 e. The molecule has 0 bridgehead atoms. The molecule has 4 nitrogen and oxygen atoms in total. The second-order valence-electron chi connectivity index (χ2n) is 4.43. The van der Waals surface area contributed by atoms with E-state index < -0.39 is 0 Å². The summed E-state index contributed by atoms with van der Waals surface area (Å²) in [5.74, 6) is 0.354. The van der Waals surface area contributed by atoms with Gasteiger partial charge in [-0.05, 0) is 18.8 Å². The minimum Gasteiger partial charge on any atom is -0.381 e. The van der Waals surface area contributed by atoms with Crippen molar-refractivity contribution in [2.45, 2.75) is 32.7 Å². The zero-order valence-electron chi connectivity index (χ0n) is 10.2. The Hall–Kier alpha value is -1.23. The van der Waals surface area contributed by atoms with Gasteiger partial charge in [0.15, 0.2) is 11.6 Å². The van der Waals surface area contributed by atoms with Crippen molar-refractivity contribution in [3.05, 3.63) is 17.8 Å². The molecule has 17 heavy (non-hydrogen) atoms. The molecule has 0 amide bonds. The average molecular weight is 239 g/mol. The van der Waals surface area contributed by atoms with Crippen LogP contribution in [0.1, 0.15) is 26.0 Å². The van der Waals surface area contributed by atoms with E-state index in [0.29, 0.717) is 30.5 Å². The van der Waals surface area contributed by atoms with E-state index in [0.717, 1.165) is 13.0 Å². The summed E-state index contributed by atoms with van der Waals surface area (Å²) >= 11 is 0. The number of nitrogens with one attached hydrogen (secondary N) is 1. The van der Waals surface area contributed by atoms with Gasteiger partial charge >= 0.3 is 0 Å². The number of nitrogens with zero attached hydrogens (tertiary/aromatic N) is 2. The Morgan fingerprint density at radius 1 is 1.53 bits per heavy atom. The second-order valence-corrected chi connectivity index (χ2v) is 4.43. The quantitative estimate of drug-likeness (QED) is 0.876. The van der Waals surface area contributed by atoms with Gasteiger partial charge in [-0.15, -0.1) is 0 Å². The molecule has 0 radical (unpaired) electrons. The molecular weight excluding hydrogens is 221 g/mol. The predicted octanol–water partition coefficient (Wildman–Crippen LogP) is 2.01. The minimum absolute atomic E-state index is 0.220. The van der Waals surface area contributed by atoms with Gasteiger partial charge in [0.1, 0.15) is 6.33 Å². The monoisotopic (exact) mass is 239 g/mol. The highest BCUT2D eigenvalue weighted by atomic mass is 19.1. The molecular formula is C12H18FN3O. The number of aromatic nitrogens is 2. The summed E-state index contributed by atoms with van der Waals surface area (Å²) in [6, 6.07) is 0.220. The van der Waals surface area contributed by atoms with Crippen LogP contribution in [0.4, 0.5) is 10.2 Å². The van der Waals surface area contributed by atoms with Crippen molar-refractivity contribution >= 4 is 5.82 Å². The maximum atomic E-state index is 13.9. The van der Waals surface area contributed by atoms with E-state index in [9.17, 15) is 4.39 Å². The fourth-order valence-corrected chi connectivity index (χ4v) is 2.02. The number of aryl methyl sites for hydroxylation is 1. The van der Waals surface area contributed by atoms with Crippen LogP contribution in [0, 0.1) is 11.7 Å². The first kappa shape index (κ1) is 12.2. The third kappa shape index (κ3) is 2.72. The third-order valence-corrected chi connectivity index (χ3v) is 3.16. The largest absolute Gasteiger partial charge is 0.381 e. The highest BCUT2D eigenvalue weighted by Gasteiger charge is 2.23. The number of rotatable bonds is 3. The zero-order valence-corrected chi connectivity index (χ0v) is 10.2. The maximum Gasteiger partial charge on any atom is 0.186 e. The fourth-order valence-electron chi connectivity index (χ4n) is 2.02. The molecule has 0 aromatic carbocycles. The lowest BCUT2D eigenvalue weighted by Crippen LogP contribution is -2.36. The lowest BCUT2D eigenvalue weighted by molar-refractivity contribution is 0.0536. The van der Waals surface area contributed by atoms with Gasteiger partial charge in [0, 0.05) is 12.6 Å². The Morgan fingerprint density at radius 3 is 3.06 bits per heavy atom. The summed E-state index contributed by atoms with van der Waals surface area (Å²) in [6.07, 6.45) is 2.87. The van der Waals surface area contributed by atoms with Crippen molar-refractivity contribution in [1.29, 1.82) is 0 Å². The second kappa shape index (κ2) is 5.40. The molecule has 0 saturated carbocycles. The van der Waals surface area contributed by atoms with Crippen molar-refractivity contribution in [2.24, 2.45) is 5.92 Å². The predicted molar refractivity (Wildman–Crippen MR) is 63.4 cm³/mol. The molecule has 1 fully saturated rings. The van der Waals surface area contributed by atoms with Gasteiger partial charge in [-0.1, -0.05) is 13.8 Å². The Kier molecular flexibility index (Phi) is 3.89. The first-order valence-corrected chi connectivity index (χ1v) is 6.06. The standard InChI is InChI=1S/C12H18FN3O/c1-3-9-11(13)12(15-7-14-9)16-10-4-5-17-6-8(10)2/h7-8,10H,3-6H2,1-2H3,(H,14,15,16). The summed E-state index contributed by atoms with van der Waals surface area (Å²) in [4.78, 5) is 7.90. The number of hydrogen-bond acceptors (Lipinski definition) is 4. The molecule has 1 aliphatic rings. The summed E-state index contributed by atoms with van der Waals surface area (Å²) in [5, 5.41) is 3.17. The minimum atomic E-state index is -0.325. The van der Waals surface area contributed by atoms with Crippen molar-refractivity contribution in [2.75, 3.05) is 18.5 Å². The van der Waals surface area contributed by atoms with Gasteiger partial charge in [0.25, 0.3) is 0 Å². The van der Waals surface area contributed by atoms with Crippen molar-refractivity contribution < 1.29 is 9.13 Å². The zero-order chi connectivity index (χ0) is 12.3. The molecule has 0 aliphatic carbocycles. The molecule has 1 aromatic heterocycles. The van der Waals surface area contributed by atoms with Crippen LogP contribution in [0.15, 0.2) is 6.33 Å². The van der Waals surface area contributed by atoms with Crippen LogP contribution in [-0.4, -0.2) is 29.2 Å². The van der Waals surface area contributed by atoms with Crippen LogP contribution in [0.5, 0.6) is 0 Å². The first-order chi connectivity index (χ1) is 8.22. The molecule has 94 valence electrons. The molecule has 1 aromatic rings. The van der Waals surface area contributed by atoms with Crippen molar-refractivity contribution in [3.8, 4) is 0 Å². The number of halogens is 1. The number of hydrogen-bond donors (Lipinski definition) is 1. The maximum absolute atomic E-state index is 13.9. The van der Waals surface area contributed by atoms with Gasteiger partial charge in [0.2, 0.25) is 0 Å². The van der Waals surface area contributed by atoms with Crippen molar-refractivity contribution in [3.63, 3.8) is 0 Å². The van der Waals surface area contributed by atoms with Crippen molar-refractivity contribution in [1.82, 2.24) is 9.97 Å². The van der Waals surface area contributed by atoms with E-state index in [2.05, 4.69) is 22.2 Å². The fraction of sp³-hybridized carbons (Fsp3) is 0.667. The lowest BCUT2D eigenvalue weighted by Gasteiger charge is -2.30. The average Bonchev–Trinajstić information content (AvgIpc) is 2.34. The highest BCUT2D eigenvalue weighted by Crippen LogP contribution is 2.21. The van der Waals surface area contributed by atoms with Crippen LogP contribution in [0.3, 0.4) is 0 Å². The Morgan fingerprint density at radius 2 is 2.35 bits per heavy atom. The Labute approximate surface area is 101 Å². The van der Waals surface area contributed by atoms with Gasteiger partial charge < -0.3 is 10.1 Å². The summed E-state index contributed by atoms with van der Waals surface area (Å²) in [5.41, 5.74) is 0.460. The number of ether oxygens (including phenoxy) is 1. The normalized spacial score (nSPS) is 24.6. The molecule has 2 atom stereocenters. The summed E-state index contributed by atoms with van der Waals surface area (Å²) in [7, 11) is 0. The summed E-state index contributed by atoms with van der Waals surface area (Å²) < 4.78 is 19.3. The van der Waals surface area contributed by atoms with E-state index in [1.54, 1.807) is 0 Å². The molecule has 2 unspecified atom stereocenters. The van der Waals surface area contributed by atoms with Crippen LogP contribution in [-0.2, 0) is 11.2 Å². The van der Waals surface area contributed by atoms with E-state index in [1.807, 2.05) is 6.92 Å². The molecule has 0 spiro atoms. The van der Waals surface area contributed by atoms with Crippen LogP contribution in [0.25, 0.3) is 0 Å². The van der Waals surface area contributed by atoms with E-state index in [1.165, 1.54) is 6.33 Å². The molecule has 1 saturated heterocycles.